The molecule has 1 aromatic heterocycles. The van der Waals surface area contributed by atoms with Crippen LogP contribution >= 0.6 is 0 Å². The van der Waals surface area contributed by atoms with Gasteiger partial charge >= 0.3 is 0 Å². The van der Waals surface area contributed by atoms with Crippen molar-refractivity contribution in [3.05, 3.63) is 17.5 Å². The smallest absolute Gasteiger partial charge is 0.223 e. The van der Waals surface area contributed by atoms with E-state index in [9.17, 15) is 0 Å². The lowest BCUT2D eigenvalue weighted by Gasteiger charge is -2.22. The average molecular weight is 221 g/mol. The van der Waals surface area contributed by atoms with Gasteiger partial charge in [0.1, 0.15) is 0 Å². The molecule has 0 unspecified atom stereocenters. The van der Waals surface area contributed by atoms with E-state index in [0.717, 1.165) is 49.9 Å². The van der Waals surface area contributed by atoms with Gasteiger partial charge in [-0.25, -0.2) is 9.97 Å². The van der Waals surface area contributed by atoms with Gasteiger partial charge < -0.3 is 10.1 Å². The molecule has 0 atom stereocenters. The first-order valence-electron chi connectivity index (χ1n) is 5.88. The number of hydrogen-bond donors (Lipinski definition) is 1. The number of aromatic nitrogens is 2. The Morgan fingerprint density at radius 2 is 1.88 bits per heavy atom. The molecule has 0 bridgehead atoms. The minimum Gasteiger partial charge on any atom is -0.381 e. The van der Waals surface area contributed by atoms with E-state index in [1.807, 2.05) is 19.9 Å². The Morgan fingerprint density at radius 1 is 1.25 bits per heavy atom. The Labute approximate surface area is 96.4 Å². The number of rotatable bonds is 3. The van der Waals surface area contributed by atoms with Gasteiger partial charge in [0.15, 0.2) is 0 Å². The zero-order valence-electron chi connectivity index (χ0n) is 9.99. The van der Waals surface area contributed by atoms with E-state index in [2.05, 4.69) is 15.3 Å². The van der Waals surface area contributed by atoms with Crippen LogP contribution in [0.15, 0.2) is 6.07 Å². The van der Waals surface area contributed by atoms with Crippen LogP contribution in [0.3, 0.4) is 0 Å². The molecular formula is C12H19N3O. The van der Waals surface area contributed by atoms with Gasteiger partial charge in [0, 0.05) is 31.1 Å². The van der Waals surface area contributed by atoms with Gasteiger partial charge in [-0.15, -0.1) is 0 Å². The zero-order valence-corrected chi connectivity index (χ0v) is 9.99. The summed E-state index contributed by atoms with van der Waals surface area (Å²) in [6, 6.07) is 1.99. The summed E-state index contributed by atoms with van der Waals surface area (Å²) in [4.78, 5) is 8.73. The molecule has 0 spiro atoms. The lowest BCUT2D eigenvalue weighted by Crippen LogP contribution is -2.23. The second-order valence-electron chi connectivity index (χ2n) is 4.41. The first kappa shape index (κ1) is 11.3. The van der Waals surface area contributed by atoms with Crippen molar-refractivity contribution in [1.82, 2.24) is 9.97 Å². The predicted octanol–water partition coefficient (Wildman–Crippen LogP) is 1.93. The summed E-state index contributed by atoms with van der Waals surface area (Å²) in [5, 5.41) is 3.32. The lowest BCUT2D eigenvalue weighted by atomic mass is 10.0. The highest BCUT2D eigenvalue weighted by Gasteiger charge is 2.13. The van der Waals surface area contributed by atoms with Crippen LogP contribution in [0.1, 0.15) is 24.2 Å². The van der Waals surface area contributed by atoms with Gasteiger partial charge in [0.25, 0.3) is 0 Å². The molecule has 1 fully saturated rings. The van der Waals surface area contributed by atoms with E-state index in [1.165, 1.54) is 0 Å². The van der Waals surface area contributed by atoms with Crippen molar-refractivity contribution in [3.8, 4) is 0 Å². The Balaban J connectivity index is 1.88. The Kier molecular flexibility index (Phi) is 3.72. The molecular weight excluding hydrogens is 202 g/mol. The van der Waals surface area contributed by atoms with Gasteiger partial charge in [-0.1, -0.05) is 0 Å². The highest BCUT2D eigenvalue weighted by atomic mass is 16.5. The quantitative estimate of drug-likeness (QED) is 0.847. The van der Waals surface area contributed by atoms with Crippen LogP contribution in [0.5, 0.6) is 0 Å². The normalized spacial score (nSPS) is 17.4. The number of hydrogen-bond acceptors (Lipinski definition) is 4. The Bertz CT molecular complexity index is 328. The summed E-state index contributed by atoms with van der Waals surface area (Å²) >= 11 is 0. The van der Waals surface area contributed by atoms with Crippen LogP contribution in [0.25, 0.3) is 0 Å². The maximum atomic E-state index is 5.33. The van der Waals surface area contributed by atoms with Crippen LogP contribution in [-0.4, -0.2) is 29.7 Å². The summed E-state index contributed by atoms with van der Waals surface area (Å²) in [6.07, 6.45) is 2.27. The largest absolute Gasteiger partial charge is 0.381 e. The van der Waals surface area contributed by atoms with Crippen molar-refractivity contribution in [1.29, 1.82) is 0 Å². The minimum atomic E-state index is 0.693. The molecule has 16 heavy (non-hydrogen) atoms. The molecule has 0 aromatic carbocycles. The Morgan fingerprint density at radius 3 is 2.50 bits per heavy atom. The maximum absolute atomic E-state index is 5.33. The molecule has 1 aliphatic heterocycles. The monoisotopic (exact) mass is 221 g/mol. The van der Waals surface area contributed by atoms with Gasteiger partial charge in [-0.3, -0.25) is 0 Å². The van der Waals surface area contributed by atoms with Crippen LogP contribution in [0, 0.1) is 19.8 Å². The van der Waals surface area contributed by atoms with E-state index in [0.29, 0.717) is 5.92 Å². The minimum absolute atomic E-state index is 0.693. The number of nitrogens with one attached hydrogen (secondary N) is 1. The third-order valence-electron chi connectivity index (χ3n) is 2.87. The fraction of sp³-hybridized carbons (Fsp3) is 0.667. The number of nitrogens with zero attached hydrogens (tertiary/aromatic N) is 2. The van der Waals surface area contributed by atoms with Gasteiger partial charge in [-0.05, 0) is 38.7 Å². The first-order chi connectivity index (χ1) is 7.74. The predicted molar refractivity (Wildman–Crippen MR) is 63.5 cm³/mol. The molecule has 0 aliphatic carbocycles. The number of anilines is 1. The average Bonchev–Trinajstić information content (AvgIpc) is 2.27. The van der Waals surface area contributed by atoms with Crippen LogP contribution in [0.4, 0.5) is 5.95 Å². The second kappa shape index (κ2) is 5.25. The molecule has 2 rings (SSSR count). The summed E-state index contributed by atoms with van der Waals surface area (Å²) < 4.78 is 5.33. The second-order valence-corrected chi connectivity index (χ2v) is 4.41. The summed E-state index contributed by atoms with van der Waals surface area (Å²) in [6.45, 7) is 6.72. The van der Waals surface area contributed by atoms with E-state index in [-0.39, 0.29) is 0 Å². The highest BCUT2D eigenvalue weighted by Crippen LogP contribution is 2.15. The Hall–Kier alpha value is -1.16. The SMILES string of the molecule is Cc1cc(C)nc(NCC2CCOCC2)n1. The van der Waals surface area contributed by atoms with Crippen molar-refractivity contribution in [2.75, 3.05) is 25.1 Å². The van der Waals surface area contributed by atoms with Crippen molar-refractivity contribution in [2.45, 2.75) is 26.7 Å². The number of ether oxygens (including phenoxy) is 1. The molecule has 4 heteroatoms. The van der Waals surface area contributed by atoms with E-state index < -0.39 is 0 Å². The molecule has 88 valence electrons. The lowest BCUT2D eigenvalue weighted by molar-refractivity contribution is 0.0699. The van der Waals surface area contributed by atoms with E-state index in [1.54, 1.807) is 0 Å². The van der Waals surface area contributed by atoms with Crippen molar-refractivity contribution < 1.29 is 4.74 Å². The van der Waals surface area contributed by atoms with Crippen LogP contribution < -0.4 is 5.32 Å². The molecule has 1 aromatic rings. The molecule has 0 saturated carbocycles. The highest BCUT2D eigenvalue weighted by molar-refractivity contribution is 5.27. The van der Waals surface area contributed by atoms with Gasteiger partial charge in [0.2, 0.25) is 5.95 Å². The van der Waals surface area contributed by atoms with E-state index >= 15 is 0 Å². The molecule has 0 radical (unpaired) electrons. The van der Waals surface area contributed by atoms with Gasteiger partial charge in [-0.2, -0.15) is 0 Å². The first-order valence-corrected chi connectivity index (χ1v) is 5.88. The maximum Gasteiger partial charge on any atom is 0.223 e. The van der Waals surface area contributed by atoms with Crippen LogP contribution in [0.2, 0.25) is 0 Å². The third kappa shape index (κ3) is 3.17. The van der Waals surface area contributed by atoms with Crippen molar-refractivity contribution >= 4 is 5.95 Å². The van der Waals surface area contributed by atoms with E-state index in [4.69, 9.17) is 4.74 Å². The summed E-state index contributed by atoms with van der Waals surface area (Å²) in [5.41, 5.74) is 2.03. The molecule has 2 heterocycles. The fourth-order valence-electron chi connectivity index (χ4n) is 1.99. The zero-order chi connectivity index (χ0) is 11.4. The third-order valence-corrected chi connectivity index (χ3v) is 2.87. The molecule has 1 aliphatic rings. The van der Waals surface area contributed by atoms with Crippen molar-refractivity contribution in [3.63, 3.8) is 0 Å². The van der Waals surface area contributed by atoms with Crippen LogP contribution in [-0.2, 0) is 4.74 Å². The molecule has 4 nitrogen and oxygen atoms in total. The summed E-state index contributed by atoms with van der Waals surface area (Å²) in [5.74, 6) is 1.45. The van der Waals surface area contributed by atoms with Crippen molar-refractivity contribution in [2.24, 2.45) is 5.92 Å². The molecule has 1 saturated heterocycles. The number of aryl methyl sites for hydroxylation is 2. The molecule has 0 amide bonds. The van der Waals surface area contributed by atoms with Gasteiger partial charge in [0.05, 0.1) is 0 Å². The summed E-state index contributed by atoms with van der Waals surface area (Å²) in [7, 11) is 0. The topological polar surface area (TPSA) is 47.0 Å². The standard InChI is InChI=1S/C12H19N3O/c1-9-7-10(2)15-12(14-9)13-8-11-3-5-16-6-4-11/h7,11H,3-6,8H2,1-2H3,(H,13,14,15). The molecule has 1 N–H and O–H groups in total. The fourth-order valence-corrected chi connectivity index (χ4v) is 1.99.